The highest BCUT2D eigenvalue weighted by atomic mass is 19.3. The first-order valence-electron chi connectivity index (χ1n) is 9.97. The van der Waals surface area contributed by atoms with Crippen LogP contribution in [-0.2, 0) is 10.7 Å². The molecule has 4 heterocycles. The van der Waals surface area contributed by atoms with Crippen LogP contribution in [0.15, 0.2) is 24.5 Å². The Labute approximate surface area is 178 Å². The minimum Gasteiger partial charge on any atom is -0.352 e. The van der Waals surface area contributed by atoms with Crippen molar-refractivity contribution in [1.82, 2.24) is 29.6 Å². The van der Waals surface area contributed by atoms with Gasteiger partial charge in [0, 0.05) is 58.0 Å². The summed E-state index contributed by atoms with van der Waals surface area (Å²) < 4.78 is 29.1. The quantitative estimate of drug-likeness (QED) is 0.680. The van der Waals surface area contributed by atoms with Gasteiger partial charge in [0.15, 0.2) is 5.82 Å². The second-order valence-corrected chi connectivity index (χ2v) is 7.91. The maximum absolute atomic E-state index is 13.9. The van der Waals surface area contributed by atoms with E-state index in [1.54, 1.807) is 12.3 Å². The van der Waals surface area contributed by atoms with Crippen molar-refractivity contribution in [2.75, 3.05) is 36.9 Å². The van der Waals surface area contributed by atoms with Gasteiger partial charge in [-0.25, -0.2) is 15.0 Å². The van der Waals surface area contributed by atoms with E-state index >= 15 is 0 Å². The predicted molar refractivity (Wildman–Crippen MR) is 113 cm³/mol. The number of nitrogens with zero attached hydrogens (tertiary/aromatic N) is 7. The molecule has 1 saturated heterocycles. The van der Waals surface area contributed by atoms with Gasteiger partial charge in [-0.15, -0.1) is 5.10 Å². The maximum atomic E-state index is 13.9. The molecule has 0 aliphatic carbocycles. The van der Waals surface area contributed by atoms with Gasteiger partial charge in [-0.05, 0) is 20.0 Å². The average molecular weight is 430 g/mol. The van der Waals surface area contributed by atoms with Crippen molar-refractivity contribution in [2.45, 2.75) is 32.7 Å². The second-order valence-electron chi connectivity index (χ2n) is 7.91. The normalized spacial score (nSPS) is 17.9. The molecule has 9 nitrogen and oxygen atoms in total. The van der Waals surface area contributed by atoms with Crippen molar-refractivity contribution in [3.05, 3.63) is 30.2 Å². The molecule has 0 aromatic carbocycles. The van der Waals surface area contributed by atoms with Crippen LogP contribution in [0.4, 0.5) is 20.4 Å². The van der Waals surface area contributed by atoms with E-state index in [1.807, 2.05) is 0 Å². The van der Waals surface area contributed by atoms with E-state index in [4.69, 9.17) is 0 Å². The van der Waals surface area contributed by atoms with E-state index in [0.29, 0.717) is 23.2 Å². The minimum absolute atomic E-state index is 0.0254. The van der Waals surface area contributed by atoms with Gasteiger partial charge >= 0.3 is 0 Å². The van der Waals surface area contributed by atoms with E-state index in [9.17, 15) is 13.6 Å². The first-order chi connectivity index (χ1) is 14.6. The lowest BCUT2D eigenvalue weighted by Crippen LogP contribution is -2.50. The van der Waals surface area contributed by atoms with Gasteiger partial charge in [-0.2, -0.15) is 13.5 Å². The summed E-state index contributed by atoms with van der Waals surface area (Å²) in [4.78, 5) is 28.4. The lowest BCUT2D eigenvalue weighted by Gasteiger charge is -2.37. The highest BCUT2D eigenvalue weighted by Crippen LogP contribution is 2.31. The molecule has 1 N–H and O–H groups in total. The maximum Gasteiger partial charge on any atom is 0.287 e. The number of likely N-dealkylation sites (N-methyl/N-ethyl adjacent to an activating group) is 1. The molecule has 0 radical (unpaired) electrons. The first kappa shape index (κ1) is 21.0. The van der Waals surface area contributed by atoms with Crippen LogP contribution in [0, 0.1) is 0 Å². The topological polar surface area (TPSA) is 92.1 Å². The molecule has 0 spiro atoms. The number of hydrogen-bond donors (Lipinski definition) is 1. The molecule has 11 heteroatoms. The molecule has 1 atom stereocenters. The van der Waals surface area contributed by atoms with Gasteiger partial charge in [0.1, 0.15) is 11.5 Å². The van der Waals surface area contributed by atoms with Gasteiger partial charge < -0.3 is 15.1 Å². The Kier molecular flexibility index (Phi) is 5.29. The second kappa shape index (κ2) is 7.80. The van der Waals surface area contributed by atoms with Crippen LogP contribution < -0.4 is 10.2 Å². The number of nitrogens with one attached hydrogen (secondary N) is 1. The number of rotatable bonds is 4. The summed E-state index contributed by atoms with van der Waals surface area (Å²) in [6.07, 6.45) is 2.91. The summed E-state index contributed by atoms with van der Waals surface area (Å²) in [6.45, 7) is 6.68. The molecule has 164 valence electrons. The van der Waals surface area contributed by atoms with E-state index in [1.165, 1.54) is 23.9 Å². The number of hydrogen-bond acceptors (Lipinski definition) is 7. The Morgan fingerprint density at radius 3 is 2.74 bits per heavy atom. The fraction of sp³-hybridized carbons (Fsp3) is 0.450. The average Bonchev–Trinajstić information content (AvgIpc) is 3.08. The number of amides is 1. The number of alkyl halides is 2. The van der Waals surface area contributed by atoms with Crippen LogP contribution in [-0.4, -0.2) is 68.3 Å². The molecule has 3 aromatic rings. The zero-order valence-electron chi connectivity index (χ0n) is 17.8. The summed E-state index contributed by atoms with van der Waals surface area (Å²) >= 11 is 0. The largest absolute Gasteiger partial charge is 0.352 e. The monoisotopic (exact) mass is 430 g/mol. The van der Waals surface area contributed by atoms with Crippen LogP contribution in [0.5, 0.6) is 0 Å². The summed E-state index contributed by atoms with van der Waals surface area (Å²) in [5.41, 5.74) is 0.170. The van der Waals surface area contributed by atoms with E-state index < -0.39 is 11.6 Å². The lowest BCUT2D eigenvalue weighted by molar-refractivity contribution is -0.114. The molecule has 0 bridgehead atoms. The third-order valence-electron chi connectivity index (χ3n) is 5.39. The van der Waals surface area contributed by atoms with E-state index in [0.717, 1.165) is 31.9 Å². The molecule has 1 aliphatic heterocycles. The smallest absolute Gasteiger partial charge is 0.287 e. The number of anilines is 2. The van der Waals surface area contributed by atoms with Crippen LogP contribution in [0.25, 0.3) is 16.9 Å². The molecule has 1 amide bonds. The minimum atomic E-state index is -3.11. The molecular formula is C20H24F2N8O. The van der Waals surface area contributed by atoms with Gasteiger partial charge in [-0.1, -0.05) is 0 Å². The Bertz CT molecular complexity index is 1130. The standard InChI is InChI=1S/C20H24F2N8O/c1-12-11-29(8-7-28(12)4)18-14-10-24-17(25-13(2)31)9-15(14)30(27-18)19-23-6-5-16(26-19)20(3,21)22/h5-6,9-10,12H,7-8,11H2,1-4H3,(H,24,25,31). The number of piperazine rings is 1. The third-order valence-corrected chi connectivity index (χ3v) is 5.39. The molecule has 4 rings (SSSR count). The van der Waals surface area contributed by atoms with Gasteiger partial charge in [0.05, 0.1) is 10.9 Å². The SMILES string of the molecule is CC(=O)Nc1cc2c(cn1)c(N1CCN(C)C(C)C1)nn2-c1nccc(C(C)(F)F)n1. The zero-order valence-corrected chi connectivity index (χ0v) is 17.8. The molecule has 1 aliphatic rings. The van der Waals surface area contributed by atoms with Crippen molar-refractivity contribution in [2.24, 2.45) is 0 Å². The first-order valence-corrected chi connectivity index (χ1v) is 9.97. The van der Waals surface area contributed by atoms with Crippen LogP contribution in [0.1, 0.15) is 26.5 Å². The Hall–Kier alpha value is -3.21. The molecule has 3 aromatic heterocycles. The van der Waals surface area contributed by atoms with E-state index in [2.05, 4.69) is 49.1 Å². The Morgan fingerprint density at radius 1 is 1.29 bits per heavy atom. The third kappa shape index (κ3) is 4.18. The van der Waals surface area contributed by atoms with Crippen molar-refractivity contribution < 1.29 is 13.6 Å². The van der Waals surface area contributed by atoms with Crippen molar-refractivity contribution in [3.8, 4) is 5.95 Å². The van der Waals surface area contributed by atoms with E-state index in [-0.39, 0.29) is 11.9 Å². The number of carbonyl (C=O) groups is 1. The summed E-state index contributed by atoms with van der Waals surface area (Å²) in [5.74, 6) is -2.35. The highest BCUT2D eigenvalue weighted by molar-refractivity contribution is 5.95. The molecule has 1 unspecified atom stereocenters. The number of fused-ring (bicyclic) bond motifs is 1. The number of carbonyl (C=O) groups excluding carboxylic acids is 1. The molecule has 0 saturated carbocycles. The van der Waals surface area contributed by atoms with Crippen LogP contribution >= 0.6 is 0 Å². The van der Waals surface area contributed by atoms with Crippen molar-refractivity contribution in [1.29, 1.82) is 0 Å². The van der Waals surface area contributed by atoms with Gasteiger partial charge in [0.2, 0.25) is 5.91 Å². The highest BCUT2D eigenvalue weighted by Gasteiger charge is 2.29. The van der Waals surface area contributed by atoms with Crippen molar-refractivity contribution >= 4 is 28.4 Å². The molecule has 1 fully saturated rings. The molecular weight excluding hydrogens is 406 g/mol. The van der Waals surface area contributed by atoms with Gasteiger partial charge in [-0.3, -0.25) is 4.79 Å². The zero-order chi connectivity index (χ0) is 22.3. The van der Waals surface area contributed by atoms with Gasteiger partial charge in [0.25, 0.3) is 11.9 Å². The van der Waals surface area contributed by atoms with Crippen LogP contribution in [0.2, 0.25) is 0 Å². The van der Waals surface area contributed by atoms with Crippen LogP contribution in [0.3, 0.4) is 0 Å². The fourth-order valence-corrected chi connectivity index (χ4v) is 3.57. The Morgan fingerprint density at radius 2 is 2.06 bits per heavy atom. The Balaban J connectivity index is 1.86. The molecule has 31 heavy (non-hydrogen) atoms. The number of halogens is 2. The summed E-state index contributed by atoms with van der Waals surface area (Å²) in [6, 6.07) is 3.15. The fourth-order valence-electron chi connectivity index (χ4n) is 3.57. The summed E-state index contributed by atoms with van der Waals surface area (Å²) in [7, 11) is 2.07. The predicted octanol–water partition coefficient (Wildman–Crippen LogP) is 2.42. The number of aromatic nitrogens is 5. The lowest BCUT2D eigenvalue weighted by atomic mass is 10.2. The number of pyridine rings is 1. The van der Waals surface area contributed by atoms with Crippen molar-refractivity contribution in [3.63, 3.8) is 0 Å². The summed E-state index contributed by atoms with van der Waals surface area (Å²) in [5, 5.41) is 8.05.